The van der Waals surface area contributed by atoms with E-state index in [1.54, 1.807) is 0 Å². The summed E-state index contributed by atoms with van der Waals surface area (Å²) in [6.45, 7) is 2.37. The second kappa shape index (κ2) is 12.0. The van der Waals surface area contributed by atoms with E-state index in [-0.39, 0.29) is 0 Å². The molecule has 0 atom stereocenters. The number of thiophene rings is 1. The highest BCUT2D eigenvalue weighted by atomic mass is 32.1. The average Bonchev–Trinajstić information content (AvgIpc) is 4.09. The second-order valence-electron chi connectivity index (χ2n) is 16.5. The standard InChI is InChI=1S/C56H37N3S/c1-2-34-45(28-15-23-41-39-21-9-14-29-50(39)60-56(41)55(34)58-46-24-10-5-18-36(46)37-19-6-11-25-47(37)58)57-48-26-12-7-20-38(48)43-32-44-40-31-30-33-16-3-4-17-35(33)52(40)59-49-27-13-8-22-42(49)51(53(43)57)54(44)59/h3-14,16-22,24-32H,2,15,23H2,1H3. The van der Waals surface area contributed by atoms with E-state index < -0.39 is 0 Å². The zero-order chi connectivity index (χ0) is 39.2. The molecule has 5 aromatic heterocycles. The normalized spacial score (nSPS) is 14.1. The van der Waals surface area contributed by atoms with Gasteiger partial charge in [0.25, 0.3) is 0 Å². The van der Waals surface area contributed by atoms with E-state index in [0.717, 1.165) is 19.3 Å². The maximum absolute atomic E-state index is 2.67. The van der Waals surface area contributed by atoms with Gasteiger partial charge < -0.3 is 13.5 Å². The molecule has 0 radical (unpaired) electrons. The summed E-state index contributed by atoms with van der Waals surface area (Å²) in [6, 6.07) is 61.4. The van der Waals surface area contributed by atoms with Gasteiger partial charge in [-0.1, -0.05) is 140 Å². The van der Waals surface area contributed by atoms with Gasteiger partial charge in [0, 0.05) is 64.4 Å². The van der Waals surface area contributed by atoms with E-state index in [1.165, 1.54) is 130 Å². The molecule has 5 heterocycles. The molecular formula is C56H37N3S. The lowest BCUT2D eigenvalue weighted by molar-refractivity contribution is 0.975. The Morgan fingerprint density at radius 2 is 1.07 bits per heavy atom. The van der Waals surface area contributed by atoms with E-state index in [9.17, 15) is 0 Å². The first-order valence-corrected chi connectivity index (χ1v) is 22.1. The van der Waals surface area contributed by atoms with Crippen LogP contribution in [0.15, 0.2) is 175 Å². The highest BCUT2D eigenvalue weighted by Gasteiger charge is 2.30. The number of nitrogens with zero attached hydrogens (tertiary/aromatic N) is 3. The van der Waals surface area contributed by atoms with Crippen molar-refractivity contribution in [3.05, 3.63) is 186 Å². The highest BCUT2D eigenvalue weighted by Crippen LogP contribution is 2.51. The van der Waals surface area contributed by atoms with Crippen LogP contribution in [0.3, 0.4) is 0 Å². The molecule has 0 amide bonds. The van der Waals surface area contributed by atoms with Gasteiger partial charge in [0.15, 0.2) is 0 Å². The zero-order valence-corrected chi connectivity index (χ0v) is 33.9. The van der Waals surface area contributed by atoms with E-state index in [4.69, 9.17) is 0 Å². The Labute approximate surface area is 349 Å². The molecule has 3 nitrogen and oxygen atoms in total. The monoisotopic (exact) mass is 783 g/mol. The van der Waals surface area contributed by atoms with Gasteiger partial charge in [-0.2, -0.15) is 0 Å². The van der Waals surface area contributed by atoms with Crippen molar-refractivity contribution in [2.75, 3.05) is 0 Å². The lowest BCUT2D eigenvalue weighted by atomic mass is 9.95. The van der Waals surface area contributed by atoms with Gasteiger partial charge in [0.05, 0.1) is 49.2 Å². The Morgan fingerprint density at radius 3 is 1.80 bits per heavy atom. The fourth-order valence-corrected chi connectivity index (χ4v) is 12.6. The molecule has 0 N–H and O–H groups in total. The first-order valence-electron chi connectivity index (χ1n) is 21.2. The predicted molar refractivity (Wildman–Crippen MR) is 258 cm³/mol. The van der Waals surface area contributed by atoms with Crippen LogP contribution in [0, 0.1) is 0 Å². The molecule has 14 rings (SSSR count). The summed E-state index contributed by atoms with van der Waals surface area (Å²) in [5.74, 6) is 0. The topological polar surface area (TPSA) is 14.3 Å². The van der Waals surface area contributed by atoms with Gasteiger partial charge in [-0.15, -0.1) is 11.3 Å². The van der Waals surface area contributed by atoms with Gasteiger partial charge >= 0.3 is 0 Å². The molecule has 8 aromatic carbocycles. The Hall–Kier alpha value is -7.14. The smallest absolute Gasteiger partial charge is 0.0690 e. The largest absolute Gasteiger partial charge is 0.309 e. The Kier molecular flexibility index (Phi) is 6.54. The summed E-state index contributed by atoms with van der Waals surface area (Å²) in [6.07, 6.45) is 5.36. The number of rotatable bonds is 3. The molecule has 0 bridgehead atoms. The summed E-state index contributed by atoms with van der Waals surface area (Å²) in [4.78, 5) is 1.38. The number of fused-ring (bicyclic) bond motifs is 18. The van der Waals surface area contributed by atoms with Crippen LogP contribution in [0.2, 0.25) is 0 Å². The Balaban J connectivity index is 1.20. The van der Waals surface area contributed by atoms with Crippen LogP contribution in [0.5, 0.6) is 0 Å². The molecule has 13 aromatic rings. The van der Waals surface area contributed by atoms with Crippen molar-refractivity contribution < 1.29 is 0 Å². The van der Waals surface area contributed by atoms with Crippen molar-refractivity contribution in [2.45, 2.75) is 26.2 Å². The minimum atomic E-state index is 0.865. The first kappa shape index (κ1) is 32.8. The lowest BCUT2D eigenvalue weighted by Crippen LogP contribution is -2.10. The maximum atomic E-state index is 2.67. The third kappa shape index (κ3) is 4.09. The van der Waals surface area contributed by atoms with Crippen LogP contribution < -0.4 is 0 Å². The van der Waals surface area contributed by atoms with Gasteiger partial charge in [0.2, 0.25) is 0 Å². The molecule has 0 aliphatic heterocycles. The van der Waals surface area contributed by atoms with Gasteiger partial charge in [-0.3, -0.25) is 0 Å². The first-order chi connectivity index (χ1) is 29.8. The number of benzene rings is 8. The minimum absolute atomic E-state index is 0.865. The zero-order valence-electron chi connectivity index (χ0n) is 33.0. The molecular weight excluding hydrogens is 747 g/mol. The summed E-state index contributed by atoms with van der Waals surface area (Å²) < 4.78 is 9.21. The van der Waals surface area contributed by atoms with Gasteiger partial charge in [-0.05, 0) is 72.0 Å². The summed E-state index contributed by atoms with van der Waals surface area (Å²) >= 11 is 1.96. The Morgan fingerprint density at radius 1 is 0.483 bits per heavy atom. The van der Waals surface area contributed by atoms with E-state index in [2.05, 4.69) is 190 Å². The van der Waals surface area contributed by atoms with Crippen molar-refractivity contribution >= 4 is 125 Å². The third-order valence-corrected chi connectivity index (χ3v) is 14.8. The van der Waals surface area contributed by atoms with Gasteiger partial charge in [-0.25, -0.2) is 0 Å². The average molecular weight is 784 g/mol. The maximum Gasteiger partial charge on any atom is 0.0690 e. The summed E-state index contributed by atoms with van der Waals surface area (Å²) in [5, 5.41) is 14.4. The Bertz CT molecular complexity index is 3990. The molecule has 1 aliphatic carbocycles. The second-order valence-corrected chi connectivity index (χ2v) is 17.6. The van der Waals surface area contributed by atoms with Crippen molar-refractivity contribution in [1.29, 1.82) is 0 Å². The molecule has 4 heteroatoms. The molecule has 60 heavy (non-hydrogen) atoms. The highest BCUT2D eigenvalue weighted by molar-refractivity contribution is 7.20. The molecule has 1 aliphatic rings. The van der Waals surface area contributed by atoms with Crippen molar-refractivity contribution in [3.63, 3.8) is 0 Å². The molecule has 0 saturated carbocycles. The van der Waals surface area contributed by atoms with Crippen LogP contribution in [0.1, 0.15) is 30.2 Å². The molecule has 0 spiro atoms. The number of para-hydroxylation sites is 4. The predicted octanol–water partition coefficient (Wildman–Crippen LogP) is 15.6. The number of aryl methyl sites for hydroxylation is 1. The van der Waals surface area contributed by atoms with Crippen LogP contribution >= 0.6 is 11.3 Å². The van der Waals surface area contributed by atoms with Gasteiger partial charge in [0.1, 0.15) is 0 Å². The van der Waals surface area contributed by atoms with Crippen LogP contribution in [0.25, 0.3) is 114 Å². The number of aromatic nitrogens is 3. The quantitative estimate of drug-likeness (QED) is 0.169. The molecule has 0 unspecified atom stereocenters. The third-order valence-electron chi connectivity index (χ3n) is 13.6. The van der Waals surface area contributed by atoms with E-state index in [1.807, 2.05) is 11.3 Å². The van der Waals surface area contributed by atoms with Crippen LogP contribution in [-0.4, -0.2) is 13.5 Å². The number of hydrogen-bond donors (Lipinski definition) is 0. The molecule has 0 saturated heterocycles. The number of allylic oxidation sites excluding steroid dienone is 3. The van der Waals surface area contributed by atoms with Crippen molar-refractivity contribution in [1.82, 2.24) is 13.5 Å². The van der Waals surface area contributed by atoms with Crippen LogP contribution in [-0.2, 0) is 6.42 Å². The van der Waals surface area contributed by atoms with Crippen molar-refractivity contribution in [2.24, 2.45) is 0 Å². The molecule has 0 fully saturated rings. The summed E-state index contributed by atoms with van der Waals surface area (Å²) in [5.41, 5.74) is 14.3. The lowest BCUT2D eigenvalue weighted by Gasteiger charge is -2.24. The molecule has 282 valence electrons. The minimum Gasteiger partial charge on any atom is -0.309 e. The number of hydrogen-bond acceptors (Lipinski definition) is 1. The van der Waals surface area contributed by atoms with E-state index >= 15 is 0 Å². The fourth-order valence-electron chi connectivity index (χ4n) is 11.3. The van der Waals surface area contributed by atoms with E-state index in [0.29, 0.717) is 0 Å². The SMILES string of the molecule is CCC1=C(n2c3ccccc3c3ccccc32)c2sc3ccccc3c2CCC=C1n1c2ccccc2c2cc3c4ccc5ccccc5c4n4c5ccccc5c(c21)c34. The summed E-state index contributed by atoms with van der Waals surface area (Å²) in [7, 11) is 0. The van der Waals surface area contributed by atoms with Crippen LogP contribution in [0.4, 0.5) is 0 Å². The van der Waals surface area contributed by atoms with Crippen molar-refractivity contribution in [3.8, 4) is 0 Å². The fraction of sp³-hybridized carbons (Fsp3) is 0.0714.